The molecule has 0 aromatic rings. The van der Waals surface area contributed by atoms with Crippen LogP contribution >= 0.6 is 0 Å². The van der Waals surface area contributed by atoms with E-state index >= 15 is 0 Å². The Labute approximate surface area is 97.0 Å². The largest absolute Gasteiger partial charge is 0.501 e. The number of hydrogen-bond acceptors (Lipinski definition) is 4. The first-order valence-electron chi connectivity index (χ1n) is 5.80. The van der Waals surface area contributed by atoms with Gasteiger partial charge >= 0.3 is 0 Å². The van der Waals surface area contributed by atoms with Gasteiger partial charge in [-0.05, 0) is 37.8 Å². The SMILES string of the molecule is CNC(C1=COCCC1)C1CCS(=O)(=O)C1. The molecule has 0 aliphatic carbocycles. The van der Waals surface area contributed by atoms with Crippen LogP contribution in [0.25, 0.3) is 0 Å². The molecule has 2 heterocycles. The van der Waals surface area contributed by atoms with E-state index in [0.717, 1.165) is 25.9 Å². The fraction of sp³-hybridized carbons (Fsp3) is 0.818. The zero-order valence-electron chi connectivity index (χ0n) is 9.61. The fourth-order valence-corrected chi connectivity index (χ4v) is 4.46. The van der Waals surface area contributed by atoms with Crippen molar-refractivity contribution in [2.24, 2.45) is 5.92 Å². The number of hydrogen-bond donors (Lipinski definition) is 1. The lowest BCUT2D eigenvalue weighted by Crippen LogP contribution is -2.37. The van der Waals surface area contributed by atoms with E-state index in [1.54, 1.807) is 0 Å². The van der Waals surface area contributed by atoms with Gasteiger partial charge in [-0.15, -0.1) is 0 Å². The smallest absolute Gasteiger partial charge is 0.150 e. The molecule has 0 radical (unpaired) electrons. The summed E-state index contributed by atoms with van der Waals surface area (Å²) in [5, 5.41) is 3.24. The first-order valence-corrected chi connectivity index (χ1v) is 7.63. The summed E-state index contributed by atoms with van der Waals surface area (Å²) in [5.74, 6) is 0.864. The molecule has 0 aromatic heterocycles. The highest BCUT2D eigenvalue weighted by atomic mass is 32.2. The Morgan fingerprint density at radius 3 is 2.88 bits per heavy atom. The average Bonchev–Trinajstić information content (AvgIpc) is 2.62. The maximum atomic E-state index is 11.5. The van der Waals surface area contributed by atoms with Crippen LogP contribution in [-0.2, 0) is 14.6 Å². The van der Waals surface area contributed by atoms with E-state index in [2.05, 4.69) is 5.32 Å². The van der Waals surface area contributed by atoms with Gasteiger partial charge < -0.3 is 10.1 Å². The molecule has 0 saturated carbocycles. The topological polar surface area (TPSA) is 55.4 Å². The molecule has 2 unspecified atom stereocenters. The molecular formula is C11H19NO3S. The summed E-state index contributed by atoms with van der Waals surface area (Å²) in [5.41, 5.74) is 1.22. The van der Waals surface area contributed by atoms with Crippen LogP contribution in [0.1, 0.15) is 19.3 Å². The minimum Gasteiger partial charge on any atom is -0.501 e. The molecular weight excluding hydrogens is 226 g/mol. The van der Waals surface area contributed by atoms with E-state index in [-0.39, 0.29) is 12.0 Å². The van der Waals surface area contributed by atoms with Crippen LogP contribution in [-0.4, -0.2) is 39.6 Å². The zero-order valence-corrected chi connectivity index (χ0v) is 10.4. The molecule has 2 rings (SSSR count). The Hall–Kier alpha value is -0.550. The molecule has 16 heavy (non-hydrogen) atoms. The van der Waals surface area contributed by atoms with Gasteiger partial charge in [0.25, 0.3) is 0 Å². The van der Waals surface area contributed by atoms with E-state index in [1.165, 1.54) is 5.57 Å². The van der Waals surface area contributed by atoms with Crippen LogP contribution in [0.5, 0.6) is 0 Å². The Balaban J connectivity index is 2.08. The minimum atomic E-state index is -2.80. The van der Waals surface area contributed by atoms with Gasteiger partial charge in [0.1, 0.15) is 0 Å². The molecule has 2 aliphatic heterocycles. The summed E-state index contributed by atoms with van der Waals surface area (Å²) < 4.78 is 28.3. The second kappa shape index (κ2) is 4.75. The van der Waals surface area contributed by atoms with Crippen LogP contribution in [0.3, 0.4) is 0 Å². The molecule has 0 amide bonds. The van der Waals surface area contributed by atoms with Gasteiger partial charge in [0.15, 0.2) is 9.84 Å². The summed E-state index contributed by atoms with van der Waals surface area (Å²) in [6, 6.07) is 0.164. The first kappa shape index (κ1) is 11.9. The lowest BCUT2D eigenvalue weighted by Gasteiger charge is -2.27. The van der Waals surface area contributed by atoms with Gasteiger partial charge in [0, 0.05) is 6.04 Å². The summed E-state index contributed by atoms with van der Waals surface area (Å²) in [6.07, 6.45) is 4.63. The van der Waals surface area contributed by atoms with Crippen molar-refractivity contribution in [3.8, 4) is 0 Å². The minimum absolute atomic E-state index is 0.164. The molecule has 5 heteroatoms. The fourth-order valence-electron chi connectivity index (χ4n) is 2.62. The third kappa shape index (κ3) is 2.58. The van der Waals surface area contributed by atoms with E-state index in [1.807, 2.05) is 13.3 Å². The van der Waals surface area contributed by atoms with E-state index in [0.29, 0.717) is 11.5 Å². The quantitative estimate of drug-likeness (QED) is 0.795. The van der Waals surface area contributed by atoms with Crippen molar-refractivity contribution in [1.29, 1.82) is 0 Å². The Morgan fingerprint density at radius 1 is 1.56 bits per heavy atom. The molecule has 92 valence electrons. The average molecular weight is 245 g/mol. The Morgan fingerprint density at radius 2 is 2.38 bits per heavy atom. The standard InChI is InChI=1S/C11H19NO3S/c1-12-11(9-3-2-5-15-7-9)10-4-6-16(13,14)8-10/h7,10-12H,2-6,8H2,1H3. The lowest BCUT2D eigenvalue weighted by atomic mass is 9.90. The van der Waals surface area contributed by atoms with Crippen LogP contribution < -0.4 is 5.32 Å². The highest BCUT2D eigenvalue weighted by Gasteiger charge is 2.34. The lowest BCUT2D eigenvalue weighted by molar-refractivity contribution is 0.216. The van der Waals surface area contributed by atoms with Crippen LogP contribution in [0.15, 0.2) is 11.8 Å². The third-order valence-electron chi connectivity index (χ3n) is 3.41. The summed E-state index contributed by atoms with van der Waals surface area (Å²) in [6.45, 7) is 0.781. The molecule has 0 bridgehead atoms. The van der Waals surface area contributed by atoms with Gasteiger partial charge in [-0.1, -0.05) is 0 Å². The molecule has 0 aromatic carbocycles. The summed E-state index contributed by atoms with van der Waals surface area (Å²) in [7, 11) is -0.903. The molecule has 2 aliphatic rings. The highest BCUT2D eigenvalue weighted by Crippen LogP contribution is 2.28. The van der Waals surface area contributed by atoms with E-state index < -0.39 is 9.84 Å². The van der Waals surface area contributed by atoms with Crippen molar-refractivity contribution in [1.82, 2.24) is 5.32 Å². The number of sulfone groups is 1. The Kier molecular flexibility index (Phi) is 3.54. The predicted octanol–water partition coefficient (Wildman–Crippen LogP) is 0.703. The predicted molar refractivity (Wildman–Crippen MR) is 62.9 cm³/mol. The van der Waals surface area contributed by atoms with E-state index in [4.69, 9.17) is 4.74 Å². The number of ether oxygens (including phenoxy) is 1. The summed E-state index contributed by atoms with van der Waals surface area (Å²) in [4.78, 5) is 0. The third-order valence-corrected chi connectivity index (χ3v) is 5.21. The number of nitrogens with one attached hydrogen (secondary N) is 1. The van der Waals surface area contributed by atoms with Crippen molar-refractivity contribution in [2.45, 2.75) is 25.3 Å². The normalized spacial score (nSPS) is 30.6. The first-order chi connectivity index (χ1) is 7.62. The second-order valence-corrected chi connectivity index (χ2v) is 6.83. The van der Waals surface area contributed by atoms with Gasteiger partial charge in [0.05, 0.1) is 24.4 Å². The summed E-state index contributed by atoms with van der Waals surface area (Å²) >= 11 is 0. The van der Waals surface area contributed by atoms with Gasteiger partial charge in [-0.25, -0.2) is 8.42 Å². The molecule has 2 atom stereocenters. The molecule has 1 N–H and O–H groups in total. The Bertz CT molecular complexity index is 375. The van der Waals surface area contributed by atoms with Gasteiger partial charge in [-0.3, -0.25) is 0 Å². The number of rotatable bonds is 3. The monoisotopic (exact) mass is 245 g/mol. The highest BCUT2D eigenvalue weighted by molar-refractivity contribution is 7.91. The molecule has 1 fully saturated rings. The van der Waals surface area contributed by atoms with Crippen molar-refractivity contribution >= 4 is 9.84 Å². The second-order valence-electron chi connectivity index (χ2n) is 4.60. The van der Waals surface area contributed by atoms with Crippen LogP contribution in [0, 0.1) is 5.92 Å². The van der Waals surface area contributed by atoms with Crippen LogP contribution in [0.4, 0.5) is 0 Å². The van der Waals surface area contributed by atoms with Crippen LogP contribution in [0.2, 0.25) is 0 Å². The maximum Gasteiger partial charge on any atom is 0.150 e. The molecule has 1 saturated heterocycles. The van der Waals surface area contributed by atoms with Gasteiger partial charge in [0.2, 0.25) is 0 Å². The molecule has 4 nitrogen and oxygen atoms in total. The van der Waals surface area contributed by atoms with E-state index in [9.17, 15) is 8.42 Å². The van der Waals surface area contributed by atoms with Crippen molar-refractivity contribution in [3.05, 3.63) is 11.8 Å². The van der Waals surface area contributed by atoms with Crippen molar-refractivity contribution in [3.63, 3.8) is 0 Å². The van der Waals surface area contributed by atoms with Crippen molar-refractivity contribution < 1.29 is 13.2 Å². The zero-order chi connectivity index (χ0) is 11.6. The number of likely N-dealkylation sites (N-methyl/N-ethyl adjacent to an activating group) is 1. The van der Waals surface area contributed by atoms with Gasteiger partial charge in [-0.2, -0.15) is 0 Å². The maximum absolute atomic E-state index is 11.5. The molecule has 0 spiro atoms. The van der Waals surface area contributed by atoms with Crippen molar-refractivity contribution in [2.75, 3.05) is 25.2 Å².